The molecule has 15 heavy (non-hydrogen) atoms. The maximum Gasteiger partial charge on any atom is 0.492 e. The molecule has 0 amide bonds. The van der Waals surface area contributed by atoms with Gasteiger partial charge in [0.05, 0.1) is 13.2 Å². The van der Waals surface area contributed by atoms with E-state index in [1.807, 2.05) is 13.8 Å². The third-order valence-corrected chi connectivity index (χ3v) is 1.85. The fraction of sp³-hybridized carbons (Fsp3) is 0.400. The molecule has 0 heterocycles. The van der Waals surface area contributed by atoms with Crippen molar-refractivity contribution < 1.29 is 19.5 Å². The molecule has 0 spiro atoms. The van der Waals surface area contributed by atoms with Crippen LogP contribution in [-0.2, 0) is 0 Å². The summed E-state index contributed by atoms with van der Waals surface area (Å²) in [5.74, 6) is 1.02. The second-order valence-electron chi connectivity index (χ2n) is 3.44. The van der Waals surface area contributed by atoms with Crippen molar-refractivity contribution in [3.05, 3.63) is 18.2 Å². The highest BCUT2D eigenvalue weighted by atomic mass is 16.5. The first-order chi connectivity index (χ1) is 7.04. The lowest BCUT2D eigenvalue weighted by atomic mass is 9.79. The zero-order valence-electron chi connectivity index (χ0n) is 9.10. The van der Waals surface area contributed by atoms with Crippen molar-refractivity contribution in [1.82, 2.24) is 0 Å². The number of benzene rings is 1. The summed E-state index contributed by atoms with van der Waals surface area (Å²) in [6.07, 6.45) is 0.0436. The molecule has 0 radical (unpaired) electrons. The molecule has 0 fully saturated rings. The molecule has 0 aliphatic heterocycles. The third-order valence-electron chi connectivity index (χ3n) is 1.85. The van der Waals surface area contributed by atoms with Gasteiger partial charge in [-0.25, -0.2) is 0 Å². The molecule has 0 aromatic heterocycles. The van der Waals surface area contributed by atoms with E-state index in [2.05, 4.69) is 0 Å². The van der Waals surface area contributed by atoms with E-state index in [1.54, 1.807) is 18.2 Å². The Balaban J connectivity index is 2.99. The molecule has 82 valence electrons. The fourth-order valence-corrected chi connectivity index (χ4v) is 1.26. The quantitative estimate of drug-likeness (QED) is 0.695. The summed E-state index contributed by atoms with van der Waals surface area (Å²) < 4.78 is 10.4. The zero-order chi connectivity index (χ0) is 11.4. The molecule has 0 aliphatic carbocycles. The average Bonchev–Trinajstić information content (AvgIpc) is 2.16. The molecule has 0 saturated carbocycles. The molecule has 2 N–H and O–H groups in total. The van der Waals surface area contributed by atoms with Gasteiger partial charge in [0.15, 0.2) is 0 Å². The van der Waals surface area contributed by atoms with Crippen molar-refractivity contribution in [2.45, 2.75) is 20.0 Å². The normalized spacial score (nSPS) is 10.3. The van der Waals surface area contributed by atoms with Crippen LogP contribution in [0.25, 0.3) is 0 Å². The Labute approximate surface area is 89.6 Å². The average molecular weight is 210 g/mol. The van der Waals surface area contributed by atoms with E-state index in [-0.39, 0.29) is 6.10 Å². The Bertz CT molecular complexity index is 325. The van der Waals surface area contributed by atoms with Gasteiger partial charge in [0.25, 0.3) is 0 Å². The SMILES string of the molecule is COc1ccc(OC(C)C)cc1B(O)O. The largest absolute Gasteiger partial charge is 0.497 e. The van der Waals surface area contributed by atoms with E-state index in [0.717, 1.165) is 0 Å². The Morgan fingerprint density at radius 1 is 1.27 bits per heavy atom. The second-order valence-corrected chi connectivity index (χ2v) is 3.44. The van der Waals surface area contributed by atoms with Gasteiger partial charge in [-0.05, 0) is 32.0 Å². The summed E-state index contributed by atoms with van der Waals surface area (Å²) in [6.45, 7) is 3.80. The van der Waals surface area contributed by atoms with Crippen LogP contribution in [0.15, 0.2) is 18.2 Å². The van der Waals surface area contributed by atoms with Gasteiger partial charge in [0, 0.05) is 5.46 Å². The van der Waals surface area contributed by atoms with Crippen LogP contribution in [0.2, 0.25) is 0 Å². The lowest BCUT2D eigenvalue weighted by Gasteiger charge is -2.13. The van der Waals surface area contributed by atoms with Crippen LogP contribution in [0.1, 0.15) is 13.8 Å². The van der Waals surface area contributed by atoms with Crippen molar-refractivity contribution in [3.63, 3.8) is 0 Å². The Morgan fingerprint density at radius 3 is 2.40 bits per heavy atom. The minimum atomic E-state index is -1.56. The molecule has 0 saturated heterocycles. The number of hydrogen-bond donors (Lipinski definition) is 2. The van der Waals surface area contributed by atoms with Crippen molar-refractivity contribution in [2.75, 3.05) is 7.11 Å². The first kappa shape index (κ1) is 11.9. The topological polar surface area (TPSA) is 58.9 Å². The van der Waals surface area contributed by atoms with Crippen LogP contribution in [0.5, 0.6) is 11.5 Å². The van der Waals surface area contributed by atoms with E-state index in [0.29, 0.717) is 17.0 Å². The molecule has 4 nitrogen and oxygen atoms in total. The van der Waals surface area contributed by atoms with Gasteiger partial charge in [0.2, 0.25) is 0 Å². The second kappa shape index (κ2) is 5.05. The molecule has 1 rings (SSSR count). The van der Waals surface area contributed by atoms with Gasteiger partial charge < -0.3 is 19.5 Å². The minimum Gasteiger partial charge on any atom is -0.497 e. The van der Waals surface area contributed by atoms with Crippen molar-refractivity contribution in [2.24, 2.45) is 0 Å². The standard InChI is InChI=1S/C10H15BO4/c1-7(2)15-8-4-5-10(14-3)9(6-8)11(12)13/h4-7,12-13H,1-3H3. The summed E-state index contributed by atoms with van der Waals surface area (Å²) in [5.41, 5.74) is 0.302. The first-order valence-corrected chi connectivity index (χ1v) is 4.75. The van der Waals surface area contributed by atoms with Crippen LogP contribution in [0.3, 0.4) is 0 Å². The Morgan fingerprint density at radius 2 is 1.93 bits per heavy atom. The molecular weight excluding hydrogens is 195 g/mol. The van der Waals surface area contributed by atoms with Crippen molar-refractivity contribution >= 4 is 12.6 Å². The monoisotopic (exact) mass is 210 g/mol. The summed E-state index contributed by atoms with van der Waals surface area (Å²) >= 11 is 0. The molecule has 1 aromatic carbocycles. The highest BCUT2D eigenvalue weighted by Crippen LogP contribution is 2.16. The third kappa shape index (κ3) is 3.14. The lowest BCUT2D eigenvalue weighted by molar-refractivity contribution is 0.242. The van der Waals surface area contributed by atoms with Gasteiger partial charge in [-0.1, -0.05) is 0 Å². The van der Waals surface area contributed by atoms with E-state index in [1.165, 1.54) is 7.11 Å². The summed E-state index contributed by atoms with van der Waals surface area (Å²) in [5, 5.41) is 18.2. The van der Waals surface area contributed by atoms with Crippen LogP contribution in [-0.4, -0.2) is 30.4 Å². The number of rotatable bonds is 4. The van der Waals surface area contributed by atoms with Gasteiger partial charge in [0.1, 0.15) is 11.5 Å². The molecule has 0 aliphatic rings. The number of hydrogen-bond acceptors (Lipinski definition) is 4. The first-order valence-electron chi connectivity index (χ1n) is 4.75. The fourth-order valence-electron chi connectivity index (χ4n) is 1.26. The van der Waals surface area contributed by atoms with Gasteiger partial charge in [-0.2, -0.15) is 0 Å². The van der Waals surface area contributed by atoms with Crippen LogP contribution in [0.4, 0.5) is 0 Å². The lowest BCUT2D eigenvalue weighted by Crippen LogP contribution is -2.31. The highest BCUT2D eigenvalue weighted by Gasteiger charge is 2.17. The molecule has 0 atom stereocenters. The van der Waals surface area contributed by atoms with Gasteiger partial charge in [-0.3, -0.25) is 0 Å². The van der Waals surface area contributed by atoms with Gasteiger partial charge in [-0.15, -0.1) is 0 Å². The van der Waals surface area contributed by atoms with Gasteiger partial charge >= 0.3 is 7.12 Å². The molecule has 1 aromatic rings. The van der Waals surface area contributed by atoms with E-state index in [4.69, 9.17) is 19.5 Å². The maximum atomic E-state index is 9.11. The smallest absolute Gasteiger partial charge is 0.492 e. The van der Waals surface area contributed by atoms with Crippen LogP contribution >= 0.6 is 0 Å². The predicted molar refractivity (Wildman–Crippen MR) is 58.6 cm³/mol. The van der Waals surface area contributed by atoms with E-state index < -0.39 is 7.12 Å². The predicted octanol–water partition coefficient (Wildman–Crippen LogP) is 0.162. The Kier molecular flexibility index (Phi) is 4.00. The maximum absolute atomic E-state index is 9.11. The zero-order valence-corrected chi connectivity index (χ0v) is 9.10. The molecular formula is C10H15BO4. The highest BCUT2D eigenvalue weighted by molar-refractivity contribution is 6.59. The summed E-state index contributed by atoms with van der Waals surface area (Å²) in [7, 11) is -0.0832. The van der Waals surface area contributed by atoms with Crippen LogP contribution in [0, 0.1) is 0 Å². The molecule has 5 heteroatoms. The van der Waals surface area contributed by atoms with E-state index >= 15 is 0 Å². The van der Waals surface area contributed by atoms with Crippen LogP contribution < -0.4 is 14.9 Å². The summed E-state index contributed by atoms with van der Waals surface area (Å²) in [6, 6.07) is 4.93. The summed E-state index contributed by atoms with van der Waals surface area (Å²) in [4.78, 5) is 0. The number of ether oxygens (including phenoxy) is 2. The Hall–Kier alpha value is -1.20. The molecule has 0 bridgehead atoms. The van der Waals surface area contributed by atoms with E-state index in [9.17, 15) is 0 Å². The molecule has 0 unspecified atom stereocenters. The van der Waals surface area contributed by atoms with Crippen molar-refractivity contribution in [1.29, 1.82) is 0 Å². The minimum absolute atomic E-state index is 0.0436. The van der Waals surface area contributed by atoms with Crippen molar-refractivity contribution in [3.8, 4) is 11.5 Å². The number of methoxy groups -OCH3 is 1.